The lowest BCUT2D eigenvalue weighted by molar-refractivity contribution is -0.118. The van der Waals surface area contributed by atoms with Crippen molar-refractivity contribution in [2.24, 2.45) is 21.1 Å². The largest absolute Gasteiger partial charge is 0.271 e. The van der Waals surface area contributed by atoms with Crippen LogP contribution in [0.1, 0.15) is 0 Å². The maximum Gasteiger partial charge on any atom is 0.258 e. The first-order chi connectivity index (χ1) is 5.38. The number of dihydropyridines is 1. The van der Waals surface area contributed by atoms with E-state index >= 15 is 0 Å². The summed E-state index contributed by atoms with van der Waals surface area (Å²) in [5.41, 5.74) is 0.861. The molecule has 2 aliphatic heterocycles. The average molecular weight is 147 g/mol. The van der Waals surface area contributed by atoms with Gasteiger partial charge in [0.2, 0.25) is 0 Å². The topological polar surface area (TPSA) is 54.1 Å². The van der Waals surface area contributed by atoms with Gasteiger partial charge in [0.15, 0.2) is 0 Å². The second-order valence-corrected chi connectivity index (χ2v) is 2.27. The zero-order valence-electron chi connectivity index (χ0n) is 5.64. The van der Waals surface area contributed by atoms with E-state index in [9.17, 15) is 4.79 Å². The number of amides is 1. The van der Waals surface area contributed by atoms with E-state index in [0.29, 0.717) is 0 Å². The summed E-state index contributed by atoms with van der Waals surface area (Å²) in [6.07, 6.45) is 6.33. The Morgan fingerprint density at radius 2 is 2.27 bits per heavy atom. The Bertz CT molecular complexity index is 312. The van der Waals surface area contributed by atoms with Crippen molar-refractivity contribution < 1.29 is 4.79 Å². The Labute approximate surface area is 63.0 Å². The summed E-state index contributed by atoms with van der Waals surface area (Å²) >= 11 is 0. The lowest BCUT2D eigenvalue weighted by Crippen LogP contribution is -2.22. The van der Waals surface area contributed by atoms with Gasteiger partial charge < -0.3 is 0 Å². The highest BCUT2D eigenvalue weighted by Gasteiger charge is 2.22. The number of nitrogens with zero attached hydrogens (tertiary/aromatic N) is 3. The van der Waals surface area contributed by atoms with E-state index in [4.69, 9.17) is 0 Å². The summed E-state index contributed by atoms with van der Waals surface area (Å²) in [5, 5.41) is 7.28. The third-order valence-corrected chi connectivity index (χ3v) is 1.58. The van der Waals surface area contributed by atoms with Crippen molar-refractivity contribution in [1.29, 1.82) is 0 Å². The number of hydrogen-bond donors (Lipinski definition) is 0. The lowest BCUT2D eigenvalue weighted by atomic mass is 9.98. The average Bonchev–Trinajstić information content (AvgIpc) is 2.06. The van der Waals surface area contributed by atoms with Gasteiger partial charge in [0.05, 0.1) is 6.21 Å². The molecule has 0 saturated carbocycles. The number of aliphatic imine (C=N–C) groups is 1. The molecule has 1 atom stereocenters. The van der Waals surface area contributed by atoms with Crippen LogP contribution in [0.15, 0.2) is 26.8 Å². The molecule has 11 heavy (non-hydrogen) atoms. The summed E-state index contributed by atoms with van der Waals surface area (Å²) in [6, 6.07) is 0. The monoisotopic (exact) mass is 147 g/mol. The van der Waals surface area contributed by atoms with E-state index < -0.39 is 0 Å². The molecule has 0 aromatic heterocycles. The Kier molecular flexibility index (Phi) is 1.25. The molecule has 0 radical (unpaired) electrons. The van der Waals surface area contributed by atoms with Gasteiger partial charge in [-0.05, 0) is 11.6 Å². The molecule has 0 N–H and O–H groups in total. The molecule has 4 nitrogen and oxygen atoms in total. The van der Waals surface area contributed by atoms with Crippen LogP contribution in [-0.4, -0.2) is 24.6 Å². The van der Waals surface area contributed by atoms with Crippen LogP contribution in [-0.2, 0) is 4.79 Å². The van der Waals surface area contributed by atoms with Gasteiger partial charge in [-0.3, -0.25) is 4.79 Å². The molecule has 0 aromatic carbocycles. The zero-order chi connectivity index (χ0) is 7.68. The van der Waals surface area contributed by atoms with E-state index in [-0.39, 0.29) is 11.8 Å². The number of allylic oxidation sites excluding steroid dienone is 1. The molecule has 0 bridgehead atoms. The number of carbonyl (C=O) groups excluding carboxylic acids is 1. The minimum atomic E-state index is -0.294. The van der Waals surface area contributed by atoms with E-state index in [1.807, 2.05) is 0 Å². The molecule has 0 aromatic rings. The summed E-state index contributed by atoms with van der Waals surface area (Å²) in [4.78, 5) is 14.7. The van der Waals surface area contributed by atoms with Gasteiger partial charge in [0, 0.05) is 12.4 Å². The minimum absolute atomic E-state index is 0.169. The fourth-order valence-corrected chi connectivity index (χ4v) is 1.00. The SMILES string of the molecule is O=C1N=CC=C2C=NN=CC12. The normalized spacial score (nSPS) is 26.7. The molecule has 1 unspecified atom stereocenters. The predicted molar refractivity (Wildman–Crippen MR) is 42.1 cm³/mol. The standard InChI is InChI=1S/C7H5N3O/c11-7-6-4-10-9-3-5(6)1-2-8-7/h1-4,6H. The third kappa shape index (κ3) is 0.920. The van der Waals surface area contributed by atoms with Gasteiger partial charge >= 0.3 is 0 Å². The van der Waals surface area contributed by atoms with Crippen molar-refractivity contribution in [2.45, 2.75) is 0 Å². The third-order valence-electron chi connectivity index (χ3n) is 1.58. The summed E-state index contributed by atoms with van der Waals surface area (Å²) in [6.45, 7) is 0. The van der Waals surface area contributed by atoms with Crippen LogP contribution in [0, 0.1) is 5.92 Å². The highest BCUT2D eigenvalue weighted by molar-refractivity contribution is 6.11. The summed E-state index contributed by atoms with van der Waals surface area (Å²) in [5.74, 6) is -0.463. The molecule has 0 spiro atoms. The van der Waals surface area contributed by atoms with E-state index in [1.54, 1.807) is 12.3 Å². The molecule has 0 aliphatic carbocycles. The van der Waals surface area contributed by atoms with Crippen LogP contribution < -0.4 is 0 Å². The molecule has 0 saturated heterocycles. The quantitative estimate of drug-likeness (QED) is 0.483. The Morgan fingerprint density at radius 3 is 3.09 bits per heavy atom. The molecule has 2 rings (SSSR count). The van der Waals surface area contributed by atoms with Crippen molar-refractivity contribution in [1.82, 2.24) is 0 Å². The number of rotatable bonds is 0. The fraction of sp³-hybridized carbons (Fsp3) is 0.143. The summed E-state index contributed by atoms with van der Waals surface area (Å²) < 4.78 is 0. The Morgan fingerprint density at radius 1 is 1.36 bits per heavy atom. The van der Waals surface area contributed by atoms with Gasteiger partial charge in [0.1, 0.15) is 5.92 Å². The molecule has 2 aliphatic rings. The molecule has 2 heterocycles. The maximum absolute atomic E-state index is 11.0. The van der Waals surface area contributed by atoms with E-state index in [0.717, 1.165) is 5.57 Å². The number of fused-ring (bicyclic) bond motifs is 1. The molecule has 4 heteroatoms. The first kappa shape index (κ1) is 6.15. The van der Waals surface area contributed by atoms with Gasteiger partial charge in [-0.25, -0.2) is 4.99 Å². The van der Waals surface area contributed by atoms with Crippen LogP contribution in [0.2, 0.25) is 0 Å². The fourth-order valence-electron chi connectivity index (χ4n) is 1.00. The van der Waals surface area contributed by atoms with Crippen LogP contribution in [0.3, 0.4) is 0 Å². The highest BCUT2D eigenvalue weighted by Crippen LogP contribution is 2.14. The smallest absolute Gasteiger partial charge is 0.258 e. The second kappa shape index (κ2) is 2.23. The summed E-state index contributed by atoms with van der Waals surface area (Å²) in [7, 11) is 0. The van der Waals surface area contributed by atoms with Crippen molar-refractivity contribution in [2.75, 3.05) is 0 Å². The van der Waals surface area contributed by atoms with Crippen molar-refractivity contribution in [3.8, 4) is 0 Å². The first-order valence-corrected chi connectivity index (χ1v) is 3.22. The lowest BCUT2D eigenvalue weighted by Gasteiger charge is -2.12. The predicted octanol–water partition coefficient (Wildman–Crippen LogP) is 0.210. The van der Waals surface area contributed by atoms with Crippen molar-refractivity contribution in [3.05, 3.63) is 11.6 Å². The Balaban J connectivity index is 2.43. The molecular weight excluding hydrogens is 142 g/mol. The van der Waals surface area contributed by atoms with Crippen molar-refractivity contribution in [3.63, 3.8) is 0 Å². The number of hydrogen-bond acceptors (Lipinski definition) is 3. The highest BCUT2D eigenvalue weighted by atomic mass is 16.1. The second-order valence-electron chi connectivity index (χ2n) is 2.27. The van der Waals surface area contributed by atoms with Crippen LogP contribution >= 0.6 is 0 Å². The molecule has 54 valence electrons. The molecular formula is C7H5N3O. The van der Waals surface area contributed by atoms with Gasteiger partial charge in [-0.1, -0.05) is 0 Å². The van der Waals surface area contributed by atoms with Crippen LogP contribution in [0.4, 0.5) is 0 Å². The Hall–Kier alpha value is -1.58. The zero-order valence-corrected chi connectivity index (χ0v) is 5.64. The van der Waals surface area contributed by atoms with Gasteiger partial charge in [-0.15, -0.1) is 0 Å². The van der Waals surface area contributed by atoms with Crippen LogP contribution in [0.5, 0.6) is 0 Å². The molecule has 0 fully saturated rings. The first-order valence-electron chi connectivity index (χ1n) is 3.22. The minimum Gasteiger partial charge on any atom is -0.271 e. The molecule has 1 amide bonds. The van der Waals surface area contributed by atoms with E-state index in [2.05, 4.69) is 15.2 Å². The van der Waals surface area contributed by atoms with Gasteiger partial charge in [0.25, 0.3) is 5.91 Å². The van der Waals surface area contributed by atoms with E-state index in [1.165, 1.54) is 12.4 Å². The van der Waals surface area contributed by atoms with Crippen LogP contribution in [0.25, 0.3) is 0 Å². The maximum atomic E-state index is 11.0. The number of carbonyl (C=O) groups is 1. The van der Waals surface area contributed by atoms with Crippen molar-refractivity contribution >= 4 is 24.6 Å². The van der Waals surface area contributed by atoms with Gasteiger partial charge in [-0.2, -0.15) is 10.2 Å².